The lowest BCUT2D eigenvalue weighted by atomic mass is 9.84. The molecule has 12 heteroatoms. The topological polar surface area (TPSA) is 131 Å². The molecule has 0 aromatic rings. The molecular weight excluding hydrogens is 503 g/mol. The Kier molecular flexibility index (Phi) is 6.77. The van der Waals surface area contributed by atoms with E-state index in [1.54, 1.807) is 20.8 Å². The predicted molar refractivity (Wildman–Crippen MR) is 129 cm³/mol. The van der Waals surface area contributed by atoms with E-state index in [4.69, 9.17) is 0 Å². The summed E-state index contributed by atoms with van der Waals surface area (Å²) in [5, 5.41) is 17.4. The van der Waals surface area contributed by atoms with E-state index >= 15 is 0 Å². The van der Waals surface area contributed by atoms with Gasteiger partial charge in [-0.2, -0.15) is 18.4 Å². The Balaban J connectivity index is 1.53. The average molecular weight is 540 g/mol. The minimum Gasteiger partial charge on any atom is -0.356 e. The molecule has 0 spiro atoms. The Morgan fingerprint density at radius 3 is 2.29 bits per heavy atom. The maximum atomic E-state index is 13.8. The van der Waals surface area contributed by atoms with Gasteiger partial charge in [-0.15, -0.1) is 0 Å². The SMILES string of the molecule is CC(C)(C)[C@H](NC(=O)C1(C(F)(F)F)CC1)C(=O)N1C[C@H]2[C@@H]([C@H]1C(=O)N[C@H](C#N)C[C@@H]1CCNC1=O)C2(C)C. The second-order valence-corrected chi connectivity index (χ2v) is 12.9. The van der Waals surface area contributed by atoms with Crippen molar-refractivity contribution >= 4 is 23.6 Å². The first-order valence-electron chi connectivity index (χ1n) is 13.1. The van der Waals surface area contributed by atoms with Gasteiger partial charge in [0.25, 0.3) is 0 Å². The second-order valence-electron chi connectivity index (χ2n) is 12.9. The van der Waals surface area contributed by atoms with Gasteiger partial charge in [0.1, 0.15) is 23.5 Å². The molecule has 2 heterocycles. The standard InChI is InChI=1S/C26H36F3N5O4/c1-23(2,3)18(33-22(38)25(7-8-25)26(27,28)29)21(37)34-12-15-16(24(15,4)5)17(34)20(36)32-14(11-30)10-13-6-9-31-19(13)35/h13-18H,6-10,12H2,1-5H3,(H,31,35)(H,32,36)(H,33,38)/t13-,14-,15-,16-,17-,18+/m0/s1. The largest absolute Gasteiger partial charge is 0.403 e. The number of piperidine rings is 1. The van der Waals surface area contributed by atoms with E-state index in [-0.39, 0.29) is 49.0 Å². The zero-order valence-electron chi connectivity index (χ0n) is 22.4. The first-order valence-corrected chi connectivity index (χ1v) is 13.1. The monoisotopic (exact) mass is 539 g/mol. The summed E-state index contributed by atoms with van der Waals surface area (Å²) in [6.07, 6.45) is -4.66. The normalized spacial score (nSPS) is 30.4. The van der Waals surface area contributed by atoms with Gasteiger partial charge in [-0.05, 0) is 48.3 Å². The van der Waals surface area contributed by atoms with Crippen LogP contribution >= 0.6 is 0 Å². The predicted octanol–water partition coefficient (Wildman–Crippen LogP) is 1.88. The van der Waals surface area contributed by atoms with E-state index in [0.29, 0.717) is 13.0 Å². The highest BCUT2D eigenvalue weighted by Crippen LogP contribution is 2.65. The van der Waals surface area contributed by atoms with Crippen molar-refractivity contribution in [1.29, 1.82) is 5.26 Å². The third-order valence-electron chi connectivity index (χ3n) is 9.03. The molecular formula is C26H36F3N5O4. The molecule has 0 radical (unpaired) electrons. The Labute approximate surface area is 220 Å². The molecule has 2 saturated carbocycles. The minimum absolute atomic E-state index is 0.00427. The fraction of sp³-hybridized carbons (Fsp3) is 0.808. The fourth-order valence-electron chi connectivity index (χ4n) is 6.22. The van der Waals surface area contributed by atoms with Crippen molar-refractivity contribution in [3.05, 3.63) is 0 Å². The molecule has 4 aliphatic rings. The van der Waals surface area contributed by atoms with E-state index in [0.717, 1.165) is 0 Å². The number of hydrogen-bond donors (Lipinski definition) is 3. The first-order chi connectivity index (χ1) is 17.5. The highest BCUT2D eigenvalue weighted by Gasteiger charge is 2.71. The van der Waals surface area contributed by atoms with Crippen LogP contribution in [0.2, 0.25) is 0 Å². The van der Waals surface area contributed by atoms with Crippen LogP contribution in [0.4, 0.5) is 13.2 Å². The lowest BCUT2D eigenvalue weighted by Crippen LogP contribution is -2.61. The van der Waals surface area contributed by atoms with Crippen molar-refractivity contribution in [3.8, 4) is 6.07 Å². The smallest absolute Gasteiger partial charge is 0.356 e. The number of nitrogens with zero attached hydrogens (tertiary/aromatic N) is 2. The molecule has 0 bridgehead atoms. The fourth-order valence-corrected chi connectivity index (χ4v) is 6.22. The van der Waals surface area contributed by atoms with E-state index < -0.39 is 58.8 Å². The Morgan fingerprint density at radius 2 is 1.82 bits per heavy atom. The van der Waals surface area contributed by atoms with E-state index in [2.05, 4.69) is 16.0 Å². The van der Waals surface area contributed by atoms with Crippen molar-refractivity contribution in [3.63, 3.8) is 0 Å². The van der Waals surface area contributed by atoms with Crippen molar-refractivity contribution in [2.24, 2.45) is 34.0 Å². The number of fused-ring (bicyclic) bond motifs is 1. The first kappa shape index (κ1) is 28.2. The average Bonchev–Trinajstić information content (AvgIpc) is 3.58. The Bertz CT molecular complexity index is 1070. The van der Waals surface area contributed by atoms with Crippen LogP contribution in [0.15, 0.2) is 0 Å². The van der Waals surface area contributed by atoms with Crippen LogP contribution < -0.4 is 16.0 Å². The summed E-state index contributed by atoms with van der Waals surface area (Å²) in [7, 11) is 0. The van der Waals surface area contributed by atoms with Crippen LogP contribution in [0.3, 0.4) is 0 Å². The van der Waals surface area contributed by atoms with Crippen molar-refractivity contribution in [2.75, 3.05) is 13.1 Å². The third kappa shape index (κ3) is 4.73. The molecule has 4 fully saturated rings. The Hall–Kier alpha value is -2.84. The number of hydrogen-bond acceptors (Lipinski definition) is 5. The van der Waals surface area contributed by atoms with Crippen LogP contribution in [0, 0.1) is 45.3 Å². The maximum Gasteiger partial charge on any atom is 0.403 e. The van der Waals surface area contributed by atoms with Gasteiger partial charge in [0.2, 0.25) is 23.6 Å². The van der Waals surface area contributed by atoms with E-state index in [1.165, 1.54) is 4.90 Å². The summed E-state index contributed by atoms with van der Waals surface area (Å²) < 4.78 is 40.7. The molecule has 2 aliphatic carbocycles. The molecule has 0 unspecified atom stereocenters. The van der Waals surface area contributed by atoms with Crippen molar-refractivity contribution in [1.82, 2.24) is 20.9 Å². The van der Waals surface area contributed by atoms with E-state index in [1.807, 2.05) is 19.9 Å². The van der Waals surface area contributed by atoms with Gasteiger partial charge in [0, 0.05) is 19.0 Å². The molecule has 0 aromatic carbocycles. The van der Waals surface area contributed by atoms with Crippen LogP contribution in [0.25, 0.3) is 0 Å². The van der Waals surface area contributed by atoms with Gasteiger partial charge in [-0.3, -0.25) is 19.2 Å². The highest BCUT2D eigenvalue weighted by molar-refractivity contribution is 5.96. The number of alkyl halides is 3. The van der Waals surface area contributed by atoms with Crippen LogP contribution in [-0.4, -0.2) is 65.9 Å². The summed E-state index contributed by atoms with van der Waals surface area (Å²) in [6, 6.07) is -1.12. The van der Waals surface area contributed by atoms with Gasteiger partial charge in [0.05, 0.1) is 6.07 Å². The van der Waals surface area contributed by atoms with Gasteiger partial charge < -0.3 is 20.9 Å². The molecule has 6 atom stereocenters. The molecule has 9 nitrogen and oxygen atoms in total. The zero-order chi connectivity index (χ0) is 28.4. The number of carbonyl (C=O) groups excluding carboxylic acids is 4. The van der Waals surface area contributed by atoms with Crippen LogP contribution in [0.5, 0.6) is 0 Å². The number of nitrogens with one attached hydrogen (secondary N) is 3. The molecule has 3 N–H and O–H groups in total. The molecule has 2 aliphatic heterocycles. The molecule has 210 valence electrons. The molecule has 38 heavy (non-hydrogen) atoms. The number of carbonyl (C=O) groups is 4. The highest BCUT2D eigenvalue weighted by atomic mass is 19.4. The Morgan fingerprint density at radius 1 is 1.18 bits per heavy atom. The lowest BCUT2D eigenvalue weighted by Gasteiger charge is -2.38. The van der Waals surface area contributed by atoms with Gasteiger partial charge >= 0.3 is 6.18 Å². The van der Waals surface area contributed by atoms with Gasteiger partial charge in [0.15, 0.2) is 0 Å². The minimum atomic E-state index is -4.72. The van der Waals surface area contributed by atoms with Crippen molar-refractivity contribution in [2.45, 2.75) is 84.6 Å². The summed E-state index contributed by atoms with van der Waals surface area (Å²) in [5.74, 6) is -3.12. The molecule has 4 rings (SSSR count). The number of nitriles is 1. The van der Waals surface area contributed by atoms with E-state index in [9.17, 15) is 37.6 Å². The number of amides is 4. The summed E-state index contributed by atoms with van der Waals surface area (Å²) in [6.45, 7) is 9.65. The van der Waals surface area contributed by atoms with Crippen molar-refractivity contribution < 1.29 is 32.3 Å². The lowest BCUT2D eigenvalue weighted by molar-refractivity contribution is -0.193. The molecule has 0 aromatic heterocycles. The molecule has 2 saturated heterocycles. The number of halogens is 3. The zero-order valence-corrected chi connectivity index (χ0v) is 22.4. The van der Waals surface area contributed by atoms with Gasteiger partial charge in [-0.25, -0.2) is 0 Å². The number of likely N-dealkylation sites (tertiary alicyclic amines) is 1. The van der Waals surface area contributed by atoms with Crippen LogP contribution in [-0.2, 0) is 19.2 Å². The van der Waals surface area contributed by atoms with Crippen LogP contribution in [0.1, 0.15) is 60.3 Å². The maximum absolute atomic E-state index is 13.8. The summed E-state index contributed by atoms with van der Waals surface area (Å²) in [5.41, 5.74) is -3.64. The summed E-state index contributed by atoms with van der Waals surface area (Å²) >= 11 is 0. The third-order valence-corrected chi connectivity index (χ3v) is 9.03. The quantitative estimate of drug-likeness (QED) is 0.455. The molecule has 4 amide bonds. The van der Waals surface area contributed by atoms with Gasteiger partial charge in [-0.1, -0.05) is 34.6 Å². The second kappa shape index (κ2) is 9.12. The summed E-state index contributed by atoms with van der Waals surface area (Å²) in [4.78, 5) is 53.4. The number of rotatable bonds is 7.